The van der Waals surface area contributed by atoms with E-state index in [1.165, 1.54) is 59.9 Å². The maximum absolute atomic E-state index is 11.3. The van der Waals surface area contributed by atoms with Crippen LogP contribution in [0.15, 0.2) is 54.6 Å². The van der Waals surface area contributed by atoms with E-state index in [4.69, 9.17) is 20.9 Å². The first-order chi connectivity index (χ1) is 24.4. The molecule has 4 aliphatic carbocycles. The number of hydrogen-bond acceptors (Lipinski definition) is 5. The highest BCUT2D eigenvalue weighted by atomic mass is 16.5. The van der Waals surface area contributed by atoms with Crippen molar-refractivity contribution in [1.82, 2.24) is 0 Å². The van der Waals surface area contributed by atoms with E-state index >= 15 is 0 Å². The molecule has 3 aromatic rings. The van der Waals surface area contributed by atoms with Crippen molar-refractivity contribution in [1.29, 1.82) is 0 Å². The average Bonchev–Trinajstić information content (AvgIpc) is 3.99. The van der Waals surface area contributed by atoms with Gasteiger partial charge in [0, 0.05) is 35.8 Å². The van der Waals surface area contributed by atoms with Crippen molar-refractivity contribution in [2.45, 2.75) is 116 Å². The van der Waals surface area contributed by atoms with Gasteiger partial charge in [0.15, 0.2) is 0 Å². The normalized spacial score (nSPS) is 30.5. The van der Waals surface area contributed by atoms with E-state index < -0.39 is 0 Å². The van der Waals surface area contributed by atoms with Crippen molar-refractivity contribution in [3.8, 4) is 11.5 Å². The third-order valence-corrected chi connectivity index (χ3v) is 13.5. The highest BCUT2D eigenvalue weighted by Gasteiger charge is 2.51. The van der Waals surface area contributed by atoms with Gasteiger partial charge in [-0.05, 0) is 126 Å². The number of Topliss-reactive ketones (excluding diaryl/α,β-unsaturated/α-hetero) is 1. The lowest BCUT2D eigenvalue weighted by atomic mass is 9.50. The van der Waals surface area contributed by atoms with Gasteiger partial charge in [-0.15, -0.1) is 0 Å². The molecule has 3 saturated carbocycles. The zero-order chi connectivity index (χ0) is 36.1. The van der Waals surface area contributed by atoms with Crippen molar-refractivity contribution in [2.24, 2.45) is 34.6 Å². The Kier molecular flexibility index (Phi) is 9.86. The molecule has 272 valence electrons. The molecular weight excluding hydrogens is 633 g/mol. The van der Waals surface area contributed by atoms with Gasteiger partial charge in [0.25, 0.3) is 0 Å². The van der Waals surface area contributed by atoms with Crippen LogP contribution in [0.5, 0.6) is 11.5 Å². The van der Waals surface area contributed by atoms with Crippen molar-refractivity contribution in [3.63, 3.8) is 0 Å². The summed E-state index contributed by atoms with van der Waals surface area (Å²) in [6.45, 7) is 13.6. The maximum atomic E-state index is 11.3. The Morgan fingerprint density at radius 2 is 1.45 bits per heavy atom. The first-order valence-electron chi connectivity index (χ1n) is 19.6. The molecule has 6 nitrogen and oxygen atoms in total. The summed E-state index contributed by atoms with van der Waals surface area (Å²) in [5.41, 5.74) is 22.1. The molecule has 1 amide bonds. The number of carbonyl (C=O) groups excluding carboxylic acids is 2. The van der Waals surface area contributed by atoms with Crippen LogP contribution in [-0.2, 0) is 34.3 Å². The number of hydrogen-bond donors (Lipinski definition) is 2. The summed E-state index contributed by atoms with van der Waals surface area (Å²) >= 11 is 0. The van der Waals surface area contributed by atoms with Gasteiger partial charge >= 0.3 is 0 Å². The first kappa shape index (κ1) is 35.7. The molecule has 2 heterocycles. The van der Waals surface area contributed by atoms with Crippen LogP contribution in [-0.4, -0.2) is 31.4 Å². The fraction of sp³-hybridized carbons (Fsp3) is 0.556. The number of carbonyl (C=O) groups is 2. The van der Waals surface area contributed by atoms with Gasteiger partial charge < -0.3 is 20.9 Å². The lowest BCUT2D eigenvalue weighted by Gasteiger charge is -2.55. The summed E-state index contributed by atoms with van der Waals surface area (Å²) < 4.78 is 11.0. The van der Waals surface area contributed by atoms with Crippen LogP contribution >= 0.6 is 0 Å². The SMILES string of the molecule is CC(=O)[C@@H]1CC1c1cccc2c1CCO2.CC(C)c1ccc2c(c1)CC[C@H]1[C@](C)(CN)CCC[C@]21C.NC(=O)[C@@H]1CC1c1cccc2c1CCO2. The van der Waals surface area contributed by atoms with E-state index in [1.807, 2.05) is 24.3 Å². The van der Waals surface area contributed by atoms with Crippen molar-refractivity contribution in [3.05, 3.63) is 93.5 Å². The summed E-state index contributed by atoms with van der Waals surface area (Å²) in [6, 6.07) is 19.6. The van der Waals surface area contributed by atoms with Gasteiger partial charge in [-0.1, -0.05) is 76.6 Å². The van der Waals surface area contributed by atoms with E-state index in [-0.39, 0.29) is 17.7 Å². The number of benzene rings is 3. The number of rotatable bonds is 6. The van der Waals surface area contributed by atoms with Gasteiger partial charge in [-0.25, -0.2) is 0 Å². The third-order valence-electron chi connectivity index (χ3n) is 13.5. The molecule has 0 spiro atoms. The van der Waals surface area contributed by atoms with Crippen LogP contribution in [0.2, 0.25) is 0 Å². The van der Waals surface area contributed by atoms with Gasteiger partial charge in [0.1, 0.15) is 17.3 Å². The highest BCUT2D eigenvalue weighted by Crippen LogP contribution is 2.57. The summed E-state index contributed by atoms with van der Waals surface area (Å²) in [5.74, 6) is 4.70. The standard InChI is InChI=1S/C20H31N.C13H14O2.C12H13NO2/c1-14(2)15-6-8-17-16(12-15)7-9-18-19(3,13-21)10-5-11-20(17,18)4;1-8(14)11-7-12(11)9-3-2-4-13-10(9)5-6-15-13;13-12(14)10-6-9(10)7-2-1-3-11-8(7)4-5-15-11/h6,8,12,14,18H,5,7,9-11,13,21H2,1-4H3;2-4,11-12H,5-7H2,1H3;1-3,9-10H,4-6H2,(H2,13,14)/t18-,19-,20+;11-,12?;9?,10-/m001/s1. The van der Waals surface area contributed by atoms with E-state index in [9.17, 15) is 9.59 Å². The highest BCUT2D eigenvalue weighted by molar-refractivity contribution is 5.83. The molecule has 7 atom stereocenters. The molecule has 6 heteroatoms. The van der Waals surface area contributed by atoms with E-state index in [2.05, 4.69) is 58.0 Å². The zero-order valence-corrected chi connectivity index (χ0v) is 31.4. The van der Waals surface area contributed by atoms with Gasteiger partial charge in [0.05, 0.1) is 13.2 Å². The summed E-state index contributed by atoms with van der Waals surface area (Å²) in [5, 5.41) is 0. The molecule has 0 aromatic heterocycles. The Hall–Kier alpha value is -3.64. The van der Waals surface area contributed by atoms with Gasteiger partial charge in [-0.3, -0.25) is 9.59 Å². The monoisotopic (exact) mass is 690 g/mol. The average molecular weight is 691 g/mol. The quantitative estimate of drug-likeness (QED) is 0.271. The minimum absolute atomic E-state index is 0.0529. The molecule has 3 aromatic carbocycles. The number of primary amides is 1. The largest absolute Gasteiger partial charge is 0.493 e. The predicted molar refractivity (Wildman–Crippen MR) is 204 cm³/mol. The zero-order valence-electron chi connectivity index (χ0n) is 31.4. The maximum Gasteiger partial charge on any atom is 0.221 e. The predicted octanol–water partition coefficient (Wildman–Crippen LogP) is 8.30. The third kappa shape index (κ3) is 6.86. The number of fused-ring (bicyclic) bond motifs is 5. The molecule has 0 saturated heterocycles. The molecule has 3 fully saturated rings. The van der Waals surface area contributed by atoms with E-state index in [0.717, 1.165) is 62.9 Å². The fourth-order valence-electron chi connectivity index (χ4n) is 10.3. The minimum Gasteiger partial charge on any atom is -0.493 e. The second-order valence-electron chi connectivity index (χ2n) is 17.0. The van der Waals surface area contributed by atoms with Crippen LogP contribution in [0.25, 0.3) is 0 Å². The molecular formula is C45H58N2O4. The molecule has 51 heavy (non-hydrogen) atoms. The van der Waals surface area contributed by atoms with Crippen molar-refractivity contribution < 1.29 is 19.1 Å². The number of ether oxygens (including phenoxy) is 2. The van der Waals surface area contributed by atoms with Crippen LogP contribution in [0.3, 0.4) is 0 Å². The molecule has 2 unspecified atom stereocenters. The van der Waals surface area contributed by atoms with Crippen LogP contribution in [0, 0.1) is 23.2 Å². The summed E-state index contributed by atoms with van der Waals surface area (Å²) in [7, 11) is 0. The smallest absolute Gasteiger partial charge is 0.221 e. The van der Waals surface area contributed by atoms with Crippen molar-refractivity contribution >= 4 is 11.7 Å². The second-order valence-corrected chi connectivity index (χ2v) is 17.0. The topological polar surface area (TPSA) is 105 Å². The molecule has 0 radical (unpaired) electrons. The fourth-order valence-corrected chi connectivity index (χ4v) is 10.3. The number of aryl methyl sites for hydroxylation is 1. The Labute approximate surface area is 305 Å². The molecule has 9 rings (SSSR count). The second kappa shape index (κ2) is 14.1. The van der Waals surface area contributed by atoms with Crippen molar-refractivity contribution in [2.75, 3.05) is 19.8 Å². The van der Waals surface area contributed by atoms with Gasteiger partial charge in [-0.2, -0.15) is 0 Å². The number of nitrogens with two attached hydrogens (primary N) is 2. The van der Waals surface area contributed by atoms with Crippen LogP contribution in [0.4, 0.5) is 0 Å². The van der Waals surface area contributed by atoms with E-state index in [1.54, 1.807) is 18.1 Å². The molecule has 4 N–H and O–H groups in total. The number of amides is 1. The lowest BCUT2D eigenvalue weighted by Crippen LogP contribution is -2.51. The Balaban J connectivity index is 0.000000122. The van der Waals surface area contributed by atoms with Gasteiger partial charge in [0.2, 0.25) is 5.91 Å². The van der Waals surface area contributed by atoms with E-state index in [0.29, 0.717) is 34.4 Å². The first-order valence-corrected chi connectivity index (χ1v) is 19.6. The Bertz CT molecular complexity index is 1720. The van der Waals surface area contributed by atoms with Crippen LogP contribution < -0.4 is 20.9 Å². The Morgan fingerprint density at radius 1 is 0.843 bits per heavy atom. The molecule has 0 bridgehead atoms. The summed E-state index contributed by atoms with van der Waals surface area (Å²) in [4.78, 5) is 22.3. The van der Waals surface area contributed by atoms with Crippen LogP contribution in [0.1, 0.15) is 130 Å². The molecule has 2 aliphatic heterocycles. The Morgan fingerprint density at radius 3 is 1.98 bits per heavy atom. The number of ketones is 1. The molecule has 6 aliphatic rings. The lowest BCUT2D eigenvalue weighted by molar-refractivity contribution is -0.119. The minimum atomic E-state index is -0.170. The summed E-state index contributed by atoms with van der Waals surface area (Å²) in [6.07, 6.45) is 10.4.